The molecule has 0 saturated carbocycles. The Bertz CT molecular complexity index is 3430. The van der Waals surface area contributed by atoms with Crippen molar-refractivity contribution in [1.29, 1.82) is 0 Å². The maximum absolute atomic E-state index is 5.09. The molecule has 2 atom stereocenters. The number of aliphatic imine (C=N–C) groups is 1. The zero-order valence-corrected chi connectivity index (χ0v) is 32.7. The third-order valence-electron chi connectivity index (χ3n) is 12.2. The fourth-order valence-electron chi connectivity index (χ4n) is 9.34. The lowest BCUT2D eigenvalue weighted by Gasteiger charge is -2.32. The minimum absolute atomic E-state index is 0.129. The highest BCUT2D eigenvalue weighted by molar-refractivity contribution is 6.13. The fourth-order valence-corrected chi connectivity index (χ4v) is 9.34. The zero-order valence-electron chi connectivity index (χ0n) is 32.7. The van der Waals surface area contributed by atoms with Crippen molar-refractivity contribution in [3.63, 3.8) is 0 Å². The van der Waals surface area contributed by atoms with Crippen LogP contribution in [0.25, 0.3) is 76.9 Å². The van der Waals surface area contributed by atoms with E-state index in [1.807, 2.05) is 12.1 Å². The number of rotatable bonds is 6. The van der Waals surface area contributed by atoms with E-state index in [9.17, 15) is 0 Å². The van der Waals surface area contributed by atoms with Crippen LogP contribution in [-0.4, -0.2) is 15.0 Å². The first-order valence-corrected chi connectivity index (χ1v) is 20.6. The summed E-state index contributed by atoms with van der Waals surface area (Å²) in [6.07, 6.45) is -0.307. The maximum atomic E-state index is 5.09. The minimum Gasteiger partial charge on any atom is -0.350 e. The first kappa shape index (κ1) is 34.3. The van der Waals surface area contributed by atoms with Crippen LogP contribution in [0.2, 0.25) is 0 Å². The summed E-state index contributed by atoms with van der Waals surface area (Å²) in [7, 11) is 0. The average molecular weight is 770 g/mol. The number of hydrogen-bond acceptors (Lipinski definition) is 3. The van der Waals surface area contributed by atoms with Crippen molar-refractivity contribution in [2.45, 2.75) is 12.3 Å². The Hall–Kier alpha value is -7.73. The molecule has 0 spiro atoms. The van der Waals surface area contributed by atoms with Crippen molar-refractivity contribution < 1.29 is 0 Å². The molecule has 0 amide bonds. The normalized spacial score (nSPS) is 15.5. The van der Waals surface area contributed by atoms with Crippen LogP contribution in [-0.2, 0) is 0 Å². The van der Waals surface area contributed by atoms with E-state index in [0.717, 1.165) is 28.2 Å². The van der Waals surface area contributed by atoms with E-state index in [2.05, 4.69) is 220 Å². The summed E-state index contributed by atoms with van der Waals surface area (Å²) in [6.45, 7) is 0. The second-order valence-electron chi connectivity index (χ2n) is 15.7. The zero-order chi connectivity index (χ0) is 39.6. The molecule has 3 heterocycles. The lowest BCUT2D eigenvalue weighted by atomic mass is 10.0. The van der Waals surface area contributed by atoms with Crippen LogP contribution >= 0.6 is 0 Å². The monoisotopic (exact) mass is 769 g/mol. The Labute approximate surface area is 347 Å². The third kappa shape index (κ3) is 5.63. The highest BCUT2D eigenvalue weighted by Crippen LogP contribution is 2.39. The van der Waals surface area contributed by atoms with Crippen molar-refractivity contribution in [3.05, 3.63) is 229 Å². The van der Waals surface area contributed by atoms with Crippen molar-refractivity contribution in [1.82, 2.24) is 19.8 Å². The van der Waals surface area contributed by atoms with Crippen LogP contribution in [0.5, 0.6) is 0 Å². The molecule has 2 aromatic heterocycles. The molecule has 5 heteroatoms. The number of fused-ring (bicyclic) bond motifs is 7. The minimum atomic E-state index is -0.178. The van der Waals surface area contributed by atoms with Gasteiger partial charge in [0.15, 0.2) is 0 Å². The Morgan fingerprint density at radius 3 is 1.63 bits per heavy atom. The molecule has 2 N–H and O–H groups in total. The van der Waals surface area contributed by atoms with E-state index in [1.165, 1.54) is 71.2 Å². The fraction of sp³-hybridized carbons (Fsp3) is 0.0364. The second kappa shape index (κ2) is 14.0. The first-order chi connectivity index (χ1) is 29.7. The maximum Gasteiger partial charge on any atom is 0.131 e. The number of nitrogens with one attached hydrogen (secondary N) is 2. The summed E-state index contributed by atoms with van der Waals surface area (Å²) in [5, 5.41) is 14.9. The van der Waals surface area contributed by atoms with E-state index in [4.69, 9.17) is 4.99 Å². The molecule has 11 aromatic rings. The van der Waals surface area contributed by atoms with Crippen molar-refractivity contribution in [3.8, 4) is 22.5 Å². The standard InChI is InChI=1S/C55H39N5/c1-3-15-37(16-4-1)53-56-54(38-17-5-2-6-18-38)58-55(57-53)39-26-30-42(31-27-39)59-49-23-11-9-21-44(49)46-34-40(28-32-51(46)59)41-29-33-52-47(35-41)45-22-10-12-24-50(45)60(52)48-25-13-19-36-14-7-8-20-43(36)48/h1-35,53,55,57H,(H,56,58). The molecule has 0 aliphatic carbocycles. The van der Waals surface area contributed by atoms with E-state index >= 15 is 0 Å². The van der Waals surface area contributed by atoms with Gasteiger partial charge in [-0.3, -0.25) is 5.32 Å². The van der Waals surface area contributed by atoms with Gasteiger partial charge in [0.05, 0.1) is 27.8 Å². The smallest absolute Gasteiger partial charge is 0.131 e. The number of para-hydroxylation sites is 2. The summed E-state index contributed by atoms with van der Waals surface area (Å²) >= 11 is 0. The van der Waals surface area contributed by atoms with Gasteiger partial charge in [0.1, 0.15) is 18.2 Å². The summed E-state index contributed by atoms with van der Waals surface area (Å²) < 4.78 is 4.82. The first-order valence-electron chi connectivity index (χ1n) is 20.6. The van der Waals surface area contributed by atoms with Gasteiger partial charge in [-0.25, -0.2) is 4.99 Å². The van der Waals surface area contributed by atoms with Crippen molar-refractivity contribution in [2.24, 2.45) is 4.99 Å². The molecule has 0 saturated heterocycles. The van der Waals surface area contributed by atoms with Crippen LogP contribution in [0.3, 0.4) is 0 Å². The van der Waals surface area contributed by atoms with Crippen molar-refractivity contribution in [2.75, 3.05) is 0 Å². The van der Waals surface area contributed by atoms with E-state index in [-0.39, 0.29) is 12.3 Å². The lowest BCUT2D eigenvalue weighted by molar-refractivity contribution is 0.409. The van der Waals surface area contributed by atoms with E-state index in [1.54, 1.807) is 0 Å². The van der Waals surface area contributed by atoms with E-state index < -0.39 is 0 Å². The topological polar surface area (TPSA) is 46.3 Å². The van der Waals surface area contributed by atoms with Crippen LogP contribution in [0.15, 0.2) is 217 Å². The number of benzene rings is 9. The van der Waals surface area contributed by atoms with Crippen LogP contribution in [0.1, 0.15) is 29.0 Å². The van der Waals surface area contributed by atoms with Gasteiger partial charge in [0.25, 0.3) is 0 Å². The van der Waals surface area contributed by atoms with Crippen LogP contribution in [0.4, 0.5) is 0 Å². The number of amidine groups is 1. The summed E-state index contributed by atoms with van der Waals surface area (Å²) in [6, 6.07) is 76.5. The van der Waals surface area contributed by atoms with Gasteiger partial charge in [0.2, 0.25) is 0 Å². The predicted molar refractivity (Wildman–Crippen MR) is 249 cm³/mol. The van der Waals surface area contributed by atoms with E-state index in [0.29, 0.717) is 0 Å². The van der Waals surface area contributed by atoms with Gasteiger partial charge in [-0.2, -0.15) is 0 Å². The number of nitrogens with zero attached hydrogens (tertiary/aromatic N) is 3. The second-order valence-corrected chi connectivity index (χ2v) is 15.7. The van der Waals surface area contributed by atoms with Gasteiger partial charge in [-0.1, -0.05) is 158 Å². The molecular weight excluding hydrogens is 731 g/mol. The lowest BCUT2D eigenvalue weighted by Crippen LogP contribution is -2.44. The summed E-state index contributed by atoms with van der Waals surface area (Å²) in [4.78, 5) is 5.09. The largest absolute Gasteiger partial charge is 0.350 e. The Morgan fingerprint density at radius 1 is 0.383 bits per heavy atom. The highest BCUT2D eigenvalue weighted by atomic mass is 15.3. The molecule has 9 aromatic carbocycles. The average Bonchev–Trinajstić information content (AvgIpc) is 3.84. The SMILES string of the molecule is c1ccc(C2=NC(c3ccccc3)NC(c3ccc(-n4c5ccccc5c5cc(-c6ccc7c(c6)c6ccccc6n7-c6cccc7ccccc67)ccc54)cc3)N2)cc1. The molecule has 0 bridgehead atoms. The van der Waals surface area contributed by atoms with Gasteiger partial charge in [0, 0.05) is 38.2 Å². The molecule has 284 valence electrons. The molecular formula is C55H39N5. The van der Waals surface area contributed by atoms with Crippen LogP contribution in [0, 0.1) is 0 Å². The van der Waals surface area contributed by atoms with Gasteiger partial charge in [-0.05, 0) is 82.2 Å². The van der Waals surface area contributed by atoms with Crippen LogP contribution < -0.4 is 10.6 Å². The Balaban J connectivity index is 0.926. The molecule has 1 aliphatic rings. The molecule has 12 rings (SSSR count). The van der Waals surface area contributed by atoms with Gasteiger partial charge >= 0.3 is 0 Å². The molecule has 5 nitrogen and oxygen atoms in total. The third-order valence-corrected chi connectivity index (χ3v) is 12.2. The molecule has 0 radical (unpaired) electrons. The number of hydrogen-bond donors (Lipinski definition) is 2. The Morgan fingerprint density at radius 2 is 0.933 bits per heavy atom. The molecule has 60 heavy (non-hydrogen) atoms. The molecule has 0 fully saturated rings. The summed E-state index contributed by atoms with van der Waals surface area (Å²) in [5.41, 5.74) is 12.8. The molecule has 1 aliphatic heterocycles. The van der Waals surface area contributed by atoms with Gasteiger partial charge < -0.3 is 14.5 Å². The Kier molecular flexibility index (Phi) is 8.00. The number of aromatic nitrogens is 2. The quantitative estimate of drug-likeness (QED) is 0.177. The predicted octanol–water partition coefficient (Wildman–Crippen LogP) is 13.0. The summed E-state index contributed by atoms with van der Waals surface area (Å²) in [5.74, 6) is 0.880. The molecule has 2 unspecified atom stereocenters. The highest BCUT2D eigenvalue weighted by Gasteiger charge is 2.26. The van der Waals surface area contributed by atoms with Crippen molar-refractivity contribution >= 4 is 60.2 Å². The van der Waals surface area contributed by atoms with Gasteiger partial charge in [-0.15, -0.1) is 0 Å².